The van der Waals surface area contributed by atoms with E-state index >= 15 is 0 Å². The average Bonchev–Trinajstić information content (AvgIpc) is 2.74. The first-order valence-corrected chi connectivity index (χ1v) is 6.97. The number of hydrogen-bond acceptors (Lipinski definition) is 3. The molecule has 1 N–H and O–H groups in total. The van der Waals surface area contributed by atoms with Crippen molar-refractivity contribution in [3.63, 3.8) is 0 Å². The van der Waals surface area contributed by atoms with Gasteiger partial charge in [-0.1, -0.05) is 0 Å². The molecule has 2 rings (SSSR count). The van der Waals surface area contributed by atoms with Gasteiger partial charge in [-0.05, 0) is 52.2 Å². The highest BCUT2D eigenvalue weighted by atomic mass is 16.2. The van der Waals surface area contributed by atoms with E-state index in [0.717, 1.165) is 32.0 Å². The van der Waals surface area contributed by atoms with Gasteiger partial charge in [0.2, 0.25) is 5.91 Å². The van der Waals surface area contributed by atoms with E-state index in [0.29, 0.717) is 6.54 Å². The van der Waals surface area contributed by atoms with E-state index in [4.69, 9.17) is 0 Å². The van der Waals surface area contributed by atoms with Gasteiger partial charge in [0.05, 0.1) is 6.54 Å². The summed E-state index contributed by atoms with van der Waals surface area (Å²) in [5, 5.41) is 2.95. The molecular weight excluding hydrogens is 214 g/mol. The molecule has 0 aromatic rings. The van der Waals surface area contributed by atoms with Gasteiger partial charge in [-0.3, -0.25) is 4.79 Å². The molecule has 0 aliphatic carbocycles. The lowest BCUT2D eigenvalue weighted by Crippen LogP contribution is -2.39. The minimum atomic E-state index is 0.259. The molecule has 4 nitrogen and oxygen atoms in total. The maximum Gasteiger partial charge on any atom is 0.236 e. The normalized spacial score (nSPS) is 27.1. The molecule has 17 heavy (non-hydrogen) atoms. The number of carbonyl (C=O) groups is 1. The molecule has 1 unspecified atom stereocenters. The number of nitrogens with zero attached hydrogens (tertiary/aromatic N) is 2. The third kappa shape index (κ3) is 3.42. The minimum absolute atomic E-state index is 0.259. The van der Waals surface area contributed by atoms with Crippen molar-refractivity contribution in [3.05, 3.63) is 0 Å². The predicted molar refractivity (Wildman–Crippen MR) is 69.0 cm³/mol. The largest absolute Gasteiger partial charge is 0.342 e. The quantitative estimate of drug-likeness (QED) is 0.787. The Hall–Kier alpha value is -0.610. The molecule has 4 heteroatoms. The molecule has 0 aromatic carbocycles. The van der Waals surface area contributed by atoms with Gasteiger partial charge < -0.3 is 15.1 Å². The highest BCUT2D eigenvalue weighted by Gasteiger charge is 2.25. The van der Waals surface area contributed by atoms with Crippen molar-refractivity contribution in [1.82, 2.24) is 15.1 Å². The Labute approximate surface area is 104 Å². The predicted octanol–water partition coefficient (Wildman–Crippen LogP) is 0.683. The molecule has 0 bridgehead atoms. The van der Waals surface area contributed by atoms with Gasteiger partial charge >= 0.3 is 0 Å². The summed E-state index contributed by atoms with van der Waals surface area (Å²) in [6, 6.07) is 0.727. The standard InChI is InChI=1S/C13H25N3O/c1-14-11-13(17)16-9-4-5-12(6-10-16)15-7-2-3-8-15/h12,14H,2-11H2,1H3. The second-order valence-corrected chi connectivity index (χ2v) is 5.24. The molecular formula is C13H25N3O. The maximum atomic E-state index is 11.8. The summed E-state index contributed by atoms with van der Waals surface area (Å²) in [6.45, 7) is 4.92. The molecule has 0 radical (unpaired) electrons. The van der Waals surface area contributed by atoms with E-state index in [9.17, 15) is 4.79 Å². The summed E-state index contributed by atoms with van der Waals surface area (Å²) in [5.74, 6) is 0.259. The number of nitrogens with one attached hydrogen (secondary N) is 1. The van der Waals surface area contributed by atoms with E-state index < -0.39 is 0 Å². The van der Waals surface area contributed by atoms with E-state index in [1.165, 1.54) is 32.4 Å². The first-order valence-electron chi connectivity index (χ1n) is 6.97. The molecule has 0 spiro atoms. The molecule has 2 heterocycles. The summed E-state index contributed by atoms with van der Waals surface area (Å²) in [6.07, 6.45) is 6.31. The molecule has 2 aliphatic heterocycles. The van der Waals surface area contributed by atoms with Crippen molar-refractivity contribution in [1.29, 1.82) is 0 Å². The molecule has 2 fully saturated rings. The van der Waals surface area contributed by atoms with Crippen LogP contribution in [0.3, 0.4) is 0 Å². The van der Waals surface area contributed by atoms with Crippen LogP contribution in [0.1, 0.15) is 32.1 Å². The Bertz CT molecular complexity index is 251. The lowest BCUT2D eigenvalue weighted by atomic mass is 10.1. The van der Waals surface area contributed by atoms with Crippen LogP contribution < -0.4 is 5.32 Å². The first-order chi connectivity index (χ1) is 8.31. The van der Waals surface area contributed by atoms with Crippen molar-refractivity contribution in [3.8, 4) is 0 Å². The van der Waals surface area contributed by atoms with Crippen molar-refractivity contribution >= 4 is 5.91 Å². The van der Waals surface area contributed by atoms with Gasteiger partial charge in [0.15, 0.2) is 0 Å². The lowest BCUT2D eigenvalue weighted by molar-refractivity contribution is -0.130. The van der Waals surface area contributed by atoms with Gasteiger partial charge in [0.1, 0.15) is 0 Å². The fourth-order valence-corrected chi connectivity index (χ4v) is 3.06. The number of amides is 1. The minimum Gasteiger partial charge on any atom is -0.342 e. The summed E-state index contributed by atoms with van der Waals surface area (Å²) in [5.41, 5.74) is 0. The van der Waals surface area contributed by atoms with E-state index in [-0.39, 0.29) is 5.91 Å². The fourth-order valence-electron chi connectivity index (χ4n) is 3.06. The first kappa shape index (κ1) is 12.8. The van der Waals surface area contributed by atoms with Gasteiger partial charge in [-0.2, -0.15) is 0 Å². The van der Waals surface area contributed by atoms with E-state index in [2.05, 4.69) is 10.2 Å². The van der Waals surface area contributed by atoms with Crippen molar-refractivity contribution in [2.24, 2.45) is 0 Å². The Morgan fingerprint density at radius 3 is 2.59 bits per heavy atom. The highest BCUT2D eigenvalue weighted by molar-refractivity contribution is 5.78. The van der Waals surface area contributed by atoms with Gasteiger partial charge in [-0.15, -0.1) is 0 Å². The van der Waals surface area contributed by atoms with Crippen LogP contribution in [0.15, 0.2) is 0 Å². The van der Waals surface area contributed by atoms with Crippen LogP contribution in [-0.2, 0) is 4.79 Å². The van der Waals surface area contributed by atoms with Gasteiger partial charge in [-0.25, -0.2) is 0 Å². The monoisotopic (exact) mass is 239 g/mol. The van der Waals surface area contributed by atoms with Crippen molar-refractivity contribution in [2.45, 2.75) is 38.1 Å². The number of hydrogen-bond donors (Lipinski definition) is 1. The second-order valence-electron chi connectivity index (χ2n) is 5.24. The molecule has 1 atom stereocenters. The molecule has 98 valence electrons. The molecule has 1 amide bonds. The Morgan fingerprint density at radius 1 is 1.12 bits per heavy atom. The highest BCUT2D eigenvalue weighted by Crippen LogP contribution is 2.21. The Kier molecular flexibility index (Phi) is 4.80. The van der Waals surface area contributed by atoms with Crippen LogP contribution >= 0.6 is 0 Å². The van der Waals surface area contributed by atoms with Crippen molar-refractivity contribution < 1.29 is 4.79 Å². The third-order valence-electron chi connectivity index (χ3n) is 4.04. The topological polar surface area (TPSA) is 35.6 Å². The van der Waals surface area contributed by atoms with Crippen LogP contribution in [0.25, 0.3) is 0 Å². The zero-order valence-electron chi connectivity index (χ0n) is 11.0. The average molecular weight is 239 g/mol. The lowest BCUT2D eigenvalue weighted by Gasteiger charge is -2.26. The van der Waals surface area contributed by atoms with Crippen LogP contribution in [0, 0.1) is 0 Å². The van der Waals surface area contributed by atoms with Crippen LogP contribution in [0.2, 0.25) is 0 Å². The Balaban J connectivity index is 1.82. The summed E-state index contributed by atoms with van der Waals surface area (Å²) < 4.78 is 0. The van der Waals surface area contributed by atoms with Crippen LogP contribution in [0.5, 0.6) is 0 Å². The van der Waals surface area contributed by atoms with Gasteiger partial charge in [0.25, 0.3) is 0 Å². The van der Waals surface area contributed by atoms with Crippen LogP contribution in [0.4, 0.5) is 0 Å². The van der Waals surface area contributed by atoms with Crippen molar-refractivity contribution in [2.75, 3.05) is 39.8 Å². The number of likely N-dealkylation sites (N-methyl/N-ethyl adjacent to an activating group) is 1. The number of carbonyl (C=O) groups excluding carboxylic acids is 1. The van der Waals surface area contributed by atoms with E-state index in [1.54, 1.807) is 0 Å². The fraction of sp³-hybridized carbons (Fsp3) is 0.923. The molecule has 0 saturated carbocycles. The van der Waals surface area contributed by atoms with E-state index in [1.807, 2.05) is 11.9 Å². The third-order valence-corrected chi connectivity index (χ3v) is 4.04. The zero-order chi connectivity index (χ0) is 12.1. The number of likely N-dealkylation sites (tertiary alicyclic amines) is 2. The summed E-state index contributed by atoms with van der Waals surface area (Å²) in [4.78, 5) is 16.5. The number of rotatable bonds is 3. The maximum absolute atomic E-state index is 11.8. The van der Waals surface area contributed by atoms with Gasteiger partial charge in [0, 0.05) is 19.1 Å². The van der Waals surface area contributed by atoms with Crippen LogP contribution in [-0.4, -0.2) is 61.5 Å². The molecule has 2 saturated heterocycles. The Morgan fingerprint density at radius 2 is 1.88 bits per heavy atom. The molecule has 2 aliphatic rings. The second kappa shape index (κ2) is 6.36. The smallest absolute Gasteiger partial charge is 0.236 e. The SMILES string of the molecule is CNCC(=O)N1CCCC(N2CCCC2)CC1. The summed E-state index contributed by atoms with van der Waals surface area (Å²) in [7, 11) is 1.84. The zero-order valence-corrected chi connectivity index (χ0v) is 11.0. The summed E-state index contributed by atoms with van der Waals surface area (Å²) >= 11 is 0. The molecule has 0 aromatic heterocycles.